The fourth-order valence-corrected chi connectivity index (χ4v) is 2.84. The van der Waals surface area contributed by atoms with Crippen molar-refractivity contribution in [2.75, 3.05) is 24.0 Å². The smallest absolute Gasteiger partial charge is 0.00340 e. The van der Waals surface area contributed by atoms with Crippen LogP contribution < -0.4 is 0 Å². The van der Waals surface area contributed by atoms with Crippen LogP contribution in [0.5, 0.6) is 0 Å². The van der Waals surface area contributed by atoms with Crippen LogP contribution in [0.15, 0.2) is 0 Å². The fraction of sp³-hybridized carbons (Fsp3) is 1.00. The predicted molar refractivity (Wildman–Crippen MR) is 59.8 cm³/mol. The van der Waals surface area contributed by atoms with Gasteiger partial charge in [0.25, 0.3) is 0 Å². The molecular formula is C9H20S2. The third kappa shape index (κ3) is 7.07. The van der Waals surface area contributed by atoms with E-state index in [2.05, 4.69) is 19.4 Å². The molecule has 0 bridgehead atoms. The maximum absolute atomic E-state index is 2.27. The highest BCUT2D eigenvalue weighted by Gasteiger charge is 2.05. The number of hydrogen-bond acceptors (Lipinski definition) is 2. The van der Waals surface area contributed by atoms with Crippen LogP contribution in [0.3, 0.4) is 0 Å². The molecule has 0 nitrogen and oxygen atoms in total. The van der Waals surface area contributed by atoms with Crippen LogP contribution >= 0.6 is 23.5 Å². The zero-order chi connectivity index (χ0) is 8.53. The molecular weight excluding hydrogens is 172 g/mol. The molecule has 0 saturated heterocycles. The summed E-state index contributed by atoms with van der Waals surface area (Å²) in [6.07, 6.45) is 8.60. The Morgan fingerprint density at radius 3 is 2.00 bits per heavy atom. The summed E-state index contributed by atoms with van der Waals surface area (Å²) in [5, 5.41) is 0. The largest absolute Gasteiger partial charge is 0.165 e. The van der Waals surface area contributed by atoms with E-state index in [0.29, 0.717) is 0 Å². The quantitative estimate of drug-likeness (QED) is 0.605. The minimum absolute atomic E-state index is 0.958. The Hall–Kier alpha value is 0.700. The van der Waals surface area contributed by atoms with Gasteiger partial charge < -0.3 is 0 Å². The van der Waals surface area contributed by atoms with E-state index in [4.69, 9.17) is 0 Å². The molecule has 0 N–H and O–H groups in total. The van der Waals surface area contributed by atoms with Gasteiger partial charge in [0.05, 0.1) is 0 Å². The van der Waals surface area contributed by atoms with E-state index < -0.39 is 0 Å². The third-order valence-electron chi connectivity index (χ3n) is 1.77. The lowest BCUT2D eigenvalue weighted by Gasteiger charge is -2.12. The van der Waals surface area contributed by atoms with Gasteiger partial charge in [-0.1, -0.05) is 19.8 Å². The van der Waals surface area contributed by atoms with E-state index in [1.807, 2.05) is 23.5 Å². The second-order valence-corrected chi connectivity index (χ2v) is 4.74. The molecule has 0 aliphatic heterocycles. The molecule has 0 spiro atoms. The van der Waals surface area contributed by atoms with Crippen molar-refractivity contribution in [2.45, 2.75) is 26.2 Å². The van der Waals surface area contributed by atoms with Crippen molar-refractivity contribution in [1.29, 1.82) is 0 Å². The summed E-state index contributed by atoms with van der Waals surface area (Å²) in [6.45, 7) is 2.27. The van der Waals surface area contributed by atoms with Gasteiger partial charge in [-0.05, 0) is 36.4 Å². The van der Waals surface area contributed by atoms with Gasteiger partial charge in [0.2, 0.25) is 0 Å². The molecule has 0 aromatic heterocycles. The summed E-state index contributed by atoms with van der Waals surface area (Å²) in [5.74, 6) is 3.65. The van der Waals surface area contributed by atoms with Gasteiger partial charge in [0, 0.05) is 0 Å². The SMILES string of the molecule is CCCCC(CSC)CSC. The highest BCUT2D eigenvalue weighted by molar-refractivity contribution is 7.99. The molecule has 0 aromatic rings. The number of rotatable bonds is 7. The molecule has 0 aromatic carbocycles. The minimum atomic E-state index is 0.958. The van der Waals surface area contributed by atoms with Crippen LogP contribution in [0, 0.1) is 5.92 Å². The second-order valence-electron chi connectivity index (χ2n) is 2.92. The van der Waals surface area contributed by atoms with Crippen LogP contribution in [0.2, 0.25) is 0 Å². The molecule has 68 valence electrons. The molecule has 0 amide bonds. The lowest BCUT2D eigenvalue weighted by molar-refractivity contribution is 0.566. The Labute approximate surface area is 79.9 Å². The van der Waals surface area contributed by atoms with Crippen molar-refractivity contribution in [3.8, 4) is 0 Å². The zero-order valence-corrected chi connectivity index (χ0v) is 9.56. The van der Waals surface area contributed by atoms with Gasteiger partial charge in [-0.3, -0.25) is 0 Å². The lowest BCUT2D eigenvalue weighted by atomic mass is 10.1. The molecule has 0 fully saturated rings. The van der Waals surface area contributed by atoms with Crippen LogP contribution in [-0.4, -0.2) is 24.0 Å². The maximum atomic E-state index is 2.27. The average molecular weight is 192 g/mol. The van der Waals surface area contributed by atoms with Gasteiger partial charge in [-0.15, -0.1) is 0 Å². The molecule has 0 saturated carbocycles. The summed E-state index contributed by atoms with van der Waals surface area (Å²) in [5.41, 5.74) is 0. The van der Waals surface area contributed by atoms with Crippen molar-refractivity contribution in [1.82, 2.24) is 0 Å². The molecule has 0 unspecified atom stereocenters. The van der Waals surface area contributed by atoms with E-state index in [1.165, 1.54) is 30.8 Å². The standard InChI is InChI=1S/C9H20S2/c1-4-5-6-9(7-10-2)8-11-3/h9H,4-8H2,1-3H3. The summed E-state index contributed by atoms with van der Waals surface area (Å²) in [6, 6.07) is 0. The molecule has 0 atom stereocenters. The van der Waals surface area contributed by atoms with E-state index in [9.17, 15) is 0 Å². The van der Waals surface area contributed by atoms with Crippen LogP contribution in [0.1, 0.15) is 26.2 Å². The van der Waals surface area contributed by atoms with Gasteiger partial charge in [0.15, 0.2) is 0 Å². The van der Waals surface area contributed by atoms with Gasteiger partial charge in [-0.2, -0.15) is 23.5 Å². The van der Waals surface area contributed by atoms with Crippen LogP contribution in [0.25, 0.3) is 0 Å². The fourth-order valence-electron chi connectivity index (χ4n) is 1.18. The molecule has 0 rings (SSSR count). The Morgan fingerprint density at radius 1 is 1.09 bits per heavy atom. The first kappa shape index (κ1) is 11.7. The lowest BCUT2D eigenvalue weighted by Crippen LogP contribution is -2.06. The molecule has 2 heteroatoms. The Kier molecular flexibility index (Phi) is 9.35. The normalized spacial score (nSPS) is 10.9. The van der Waals surface area contributed by atoms with Crippen molar-refractivity contribution < 1.29 is 0 Å². The maximum Gasteiger partial charge on any atom is -0.00340 e. The second kappa shape index (κ2) is 8.79. The van der Waals surface area contributed by atoms with E-state index in [0.717, 1.165) is 5.92 Å². The first-order valence-corrected chi connectivity index (χ1v) is 7.11. The monoisotopic (exact) mass is 192 g/mol. The van der Waals surface area contributed by atoms with E-state index in [1.54, 1.807) is 0 Å². The van der Waals surface area contributed by atoms with Gasteiger partial charge in [0.1, 0.15) is 0 Å². The first-order chi connectivity index (χ1) is 5.35. The van der Waals surface area contributed by atoms with Crippen molar-refractivity contribution in [3.05, 3.63) is 0 Å². The third-order valence-corrected chi connectivity index (χ3v) is 3.38. The summed E-state index contributed by atoms with van der Waals surface area (Å²) >= 11 is 3.97. The van der Waals surface area contributed by atoms with Crippen LogP contribution in [-0.2, 0) is 0 Å². The highest BCUT2D eigenvalue weighted by atomic mass is 32.2. The summed E-state index contributed by atoms with van der Waals surface area (Å²) in [7, 11) is 0. The summed E-state index contributed by atoms with van der Waals surface area (Å²) in [4.78, 5) is 0. The van der Waals surface area contributed by atoms with Crippen molar-refractivity contribution in [3.63, 3.8) is 0 Å². The Bertz CT molecular complexity index is 68.0. The van der Waals surface area contributed by atoms with Crippen molar-refractivity contribution in [2.24, 2.45) is 5.92 Å². The Morgan fingerprint density at radius 2 is 1.64 bits per heavy atom. The topological polar surface area (TPSA) is 0 Å². The average Bonchev–Trinajstić information content (AvgIpc) is 2.01. The van der Waals surface area contributed by atoms with Crippen molar-refractivity contribution >= 4 is 23.5 Å². The molecule has 0 aliphatic carbocycles. The first-order valence-electron chi connectivity index (χ1n) is 4.33. The van der Waals surface area contributed by atoms with Crippen LogP contribution in [0.4, 0.5) is 0 Å². The zero-order valence-electron chi connectivity index (χ0n) is 7.93. The molecule has 11 heavy (non-hydrogen) atoms. The highest BCUT2D eigenvalue weighted by Crippen LogP contribution is 2.17. The molecule has 0 radical (unpaired) electrons. The van der Waals surface area contributed by atoms with E-state index in [-0.39, 0.29) is 0 Å². The molecule has 0 aliphatic rings. The number of thioether (sulfide) groups is 2. The number of hydrogen-bond donors (Lipinski definition) is 0. The summed E-state index contributed by atoms with van der Waals surface area (Å²) < 4.78 is 0. The van der Waals surface area contributed by atoms with Gasteiger partial charge in [-0.25, -0.2) is 0 Å². The number of unbranched alkanes of at least 4 members (excludes halogenated alkanes) is 1. The minimum Gasteiger partial charge on any atom is -0.165 e. The van der Waals surface area contributed by atoms with E-state index >= 15 is 0 Å². The molecule has 0 heterocycles. The predicted octanol–water partition coefficient (Wildman–Crippen LogP) is 3.52. The van der Waals surface area contributed by atoms with Gasteiger partial charge >= 0.3 is 0 Å². The Balaban J connectivity index is 3.34.